The molecule has 21 heavy (non-hydrogen) atoms. The van der Waals surface area contributed by atoms with E-state index >= 15 is 0 Å². The highest BCUT2D eigenvalue weighted by atomic mass is 32.1. The first-order valence-corrected chi connectivity index (χ1v) is 6.66. The number of rotatable bonds is 5. The molecule has 0 saturated heterocycles. The topological polar surface area (TPSA) is 92.3 Å². The molecule has 0 bridgehead atoms. The number of furan rings is 1. The molecule has 0 amide bonds. The molecule has 2 heterocycles. The van der Waals surface area contributed by atoms with Crippen molar-refractivity contribution in [1.82, 2.24) is 0 Å². The summed E-state index contributed by atoms with van der Waals surface area (Å²) in [5.74, 6) is -0.954. The Balaban J connectivity index is 2.20. The molecule has 1 N–H and O–H groups in total. The summed E-state index contributed by atoms with van der Waals surface area (Å²) in [5.41, 5.74) is 0.332. The van der Waals surface area contributed by atoms with E-state index in [-0.39, 0.29) is 11.3 Å². The second-order valence-corrected chi connectivity index (χ2v) is 4.69. The summed E-state index contributed by atoms with van der Waals surface area (Å²) in [6.07, 6.45) is 2.59. The smallest absolute Gasteiger partial charge is 0.350 e. The minimum absolute atomic E-state index is 0.0723. The molecular formula is C14H10N2O4S. The van der Waals surface area contributed by atoms with Gasteiger partial charge in [0.2, 0.25) is 5.78 Å². The van der Waals surface area contributed by atoms with Crippen LogP contribution in [-0.2, 0) is 4.74 Å². The molecule has 0 aromatic carbocycles. The third kappa shape index (κ3) is 3.19. The highest BCUT2D eigenvalue weighted by Gasteiger charge is 2.16. The number of nitriles is 1. The maximum Gasteiger partial charge on any atom is 0.350 e. The van der Waals surface area contributed by atoms with Crippen LogP contribution in [0.15, 0.2) is 46.0 Å². The van der Waals surface area contributed by atoms with Crippen molar-refractivity contribution in [3.05, 3.63) is 52.3 Å². The third-order valence-corrected chi connectivity index (χ3v) is 3.41. The Kier molecular flexibility index (Phi) is 4.53. The zero-order valence-electron chi connectivity index (χ0n) is 11.0. The minimum Gasteiger partial charge on any atom is -0.465 e. The van der Waals surface area contributed by atoms with Crippen molar-refractivity contribution in [2.75, 3.05) is 12.4 Å². The summed E-state index contributed by atoms with van der Waals surface area (Å²) in [5, 5.41) is 13.5. The van der Waals surface area contributed by atoms with Crippen molar-refractivity contribution in [1.29, 1.82) is 5.26 Å². The minimum atomic E-state index is -0.537. The lowest BCUT2D eigenvalue weighted by atomic mass is 10.1. The molecular weight excluding hydrogens is 292 g/mol. The Morgan fingerprint density at radius 3 is 2.90 bits per heavy atom. The quantitative estimate of drug-likeness (QED) is 0.395. The number of nitrogens with one attached hydrogen (secondary N) is 1. The van der Waals surface area contributed by atoms with Gasteiger partial charge in [0.15, 0.2) is 5.76 Å². The summed E-state index contributed by atoms with van der Waals surface area (Å²) in [6.45, 7) is 0. The SMILES string of the molecule is COC(=O)c1sccc1NC=C(C#N)C(=O)c1ccco1. The van der Waals surface area contributed by atoms with Crippen molar-refractivity contribution in [3.63, 3.8) is 0 Å². The van der Waals surface area contributed by atoms with Gasteiger partial charge in [0.25, 0.3) is 0 Å². The molecule has 6 nitrogen and oxygen atoms in total. The van der Waals surface area contributed by atoms with E-state index in [1.165, 1.54) is 37.0 Å². The first-order chi connectivity index (χ1) is 10.2. The molecule has 2 aromatic heterocycles. The Morgan fingerprint density at radius 2 is 2.29 bits per heavy atom. The first kappa shape index (κ1) is 14.6. The lowest BCUT2D eigenvalue weighted by molar-refractivity contribution is 0.0607. The fourth-order valence-corrected chi connectivity index (χ4v) is 2.29. The average Bonchev–Trinajstić information content (AvgIpc) is 3.18. The number of hydrogen-bond donors (Lipinski definition) is 1. The zero-order valence-corrected chi connectivity index (χ0v) is 11.8. The highest BCUT2D eigenvalue weighted by Crippen LogP contribution is 2.23. The van der Waals surface area contributed by atoms with Crippen molar-refractivity contribution in [3.8, 4) is 6.07 Å². The highest BCUT2D eigenvalue weighted by molar-refractivity contribution is 7.12. The van der Waals surface area contributed by atoms with Gasteiger partial charge in [-0.3, -0.25) is 4.79 Å². The van der Waals surface area contributed by atoms with Gasteiger partial charge in [-0.15, -0.1) is 11.3 Å². The monoisotopic (exact) mass is 302 g/mol. The van der Waals surface area contributed by atoms with Crippen molar-refractivity contribution >= 4 is 28.8 Å². The summed E-state index contributed by atoms with van der Waals surface area (Å²) < 4.78 is 9.59. The summed E-state index contributed by atoms with van der Waals surface area (Å²) >= 11 is 1.19. The lowest BCUT2D eigenvalue weighted by Gasteiger charge is -2.02. The number of ether oxygens (including phenoxy) is 1. The Morgan fingerprint density at radius 1 is 1.48 bits per heavy atom. The second kappa shape index (κ2) is 6.54. The number of thiophene rings is 1. The van der Waals surface area contributed by atoms with Crippen LogP contribution in [0, 0.1) is 11.3 Å². The molecule has 0 unspecified atom stereocenters. The van der Waals surface area contributed by atoms with Crippen LogP contribution in [0.1, 0.15) is 20.2 Å². The molecule has 0 saturated carbocycles. The van der Waals surface area contributed by atoms with Gasteiger partial charge in [-0.25, -0.2) is 4.79 Å². The maximum atomic E-state index is 12.0. The standard InChI is InChI=1S/C14H10N2O4S/c1-19-14(18)13-10(4-6-21-13)16-8-9(7-15)12(17)11-3-2-5-20-11/h2-6,8,16H,1H3. The van der Waals surface area contributed by atoms with E-state index in [1.54, 1.807) is 23.6 Å². The van der Waals surface area contributed by atoms with Crippen LogP contribution >= 0.6 is 11.3 Å². The number of Topliss-reactive ketones (excluding diaryl/α,β-unsaturated/α-hetero) is 1. The normalized spacial score (nSPS) is 10.8. The van der Waals surface area contributed by atoms with Gasteiger partial charge in [-0.2, -0.15) is 5.26 Å². The van der Waals surface area contributed by atoms with Crippen LogP contribution in [0.25, 0.3) is 0 Å². The first-order valence-electron chi connectivity index (χ1n) is 5.78. The van der Waals surface area contributed by atoms with Gasteiger partial charge in [-0.05, 0) is 23.6 Å². The number of nitrogens with zero attached hydrogens (tertiary/aromatic N) is 1. The van der Waals surface area contributed by atoms with E-state index in [0.29, 0.717) is 10.6 Å². The molecule has 7 heteroatoms. The van der Waals surface area contributed by atoms with Gasteiger partial charge in [0, 0.05) is 6.20 Å². The predicted octanol–water partition coefficient (Wildman–Crippen LogP) is 2.83. The van der Waals surface area contributed by atoms with Crippen LogP contribution in [0.2, 0.25) is 0 Å². The largest absolute Gasteiger partial charge is 0.465 e. The number of methoxy groups -OCH3 is 1. The molecule has 2 aromatic rings. The molecule has 0 fully saturated rings. The molecule has 0 radical (unpaired) electrons. The van der Waals surface area contributed by atoms with Crippen LogP contribution in [-0.4, -0.2) is 18.9 Å². The van der Waals surface area contributed by atoms with Crippen molar-refractivity contribution in [2.24, 2.45) is 0 Å². The molecule has 0 spiro atoms. The molecule has 0 aliphatic rings. The van der Waals surface area contributed by atoms with Gasteiger partial charge < -0.3 is 14.5 Å². The fourth-order valence-electron chi connectivity index (χ4n) is 1.51. The lowest BCUT2D eigenvalue weighted by Crippen LogP contribution is -2.05. The summed E-state index contributed by atoms with van der Waals surface area (Å²) in [4.78, 5) is 23.8. The van der Waals surface area contributed by atoms with Crippen LogP contribution in [0.3, 0.4) is 0 Å². The van der Waals surface area contributed by atoms with E-state index < -0.39 is 11.8 Å². The Bertz CT molecular complexity index is 722. The Hall–Kier alpha value is -2.85. The van der Waals surface area contributed by atoms with E-state index in [0.717, 1.165) is 0 Å². The number of ketones is 1. The zero-order chi connectivity index (χ0) is 15.2. The summed E-state index contributed by atoms with van der Waals surface area (Å²) in [6, 6.07) is 6.47. The number of hydrogen-bond acceptors (Lipinski definition) is 7. The number of esters is 1. The third-order valence-electron chi connectivity index (χ3n) is 2.52. The van der Waals surface area contributed by atoms with Gasteiger partial charge >= 0.3 is 5.97 Å². The van der Waals surface area contributed by atoms with E-state index in [2.05, 4.69) is 10.1 Å². The fraction of sp³-hybridized carbons (Fsp3) is 0.0714. The van der Waals surface area contributed by atoms with Crippen molar-refractivity contribution in [2.45, 2.75) is 0 Å². The van der Waals surface area contributed by atoms with Crippen LogP contribution in [0.5, 0.6) is 0 Å². The van der Waals surface area contributed by atoms with Crippen LogP contribution < -0.4 is 5.32 Å². The van der Waals surface area contributed by atoms with E-state index in [9.17, 15) is 9.59 Å². The second-order valence-electron chi connectivity index (χ2n) is 3.78. The van der Waals surface area contributed by atoms with Gasteiger partial charge in [0.1, 0.15) is 16.5 Å². The predicted molar refractivity (Wildman–Crippen MR) is 76.0 cm³/mol. The maximum absolute atomic E-state index is 12.0. The number of anilines is 1. The molecule has 2 rings (SSSR count). The van der Waals surface area contributed by atoms with Crippen molar-refractivity contribution < 1.29 is 18.7 Å². The van der Waals surface area contributed by atoms with E-state index in [1.807, 2.05) is 0 Å². The van der Waals surface area contributed by atoms with E-state index in [4.69, 9.17) is 9.68 Å². The molecule has 0 aliphatic heterocycles. The average molecular weight is 302 g/mol. The molecule has 106 valence electrons. The molecule has 0 aliphatic carbocycles. The van der Waals surface area contributed by atoms with Gasteiger partial charge in [0.05, 0.1) is 19.1 Å². The number of carbonyl (C=O) groups is 2. The number of allylic oxidation sites excluding steroid dienone is 1. The molecule has 0 atom stereocenters. The van der Waals surface area contributed by atoms with Gasteiger partial charge in [-0.1, -0.05) is 0 Å². The summed E-state index contributed by atoms with van der Waals surface area (Å²) in [7, 11) is 1.28. The van der Waals surface area contributed by atoms with Crippen LogP contribution in [0.4, 0.5) is 5.69 Å². The Labute approximate surface area is 124 Å². The number of carbonyl (C=O) groups excluding carboxylic acids is 2.